The Morgan fingerprint density at radius 1 is 1.65 bits per heavy atom. The van der Waals surface area contributed by atoms with Gasteiger partial charge in [-0.2, -0.15) is 0 Å². The topological polar surface area (TPSA) is 55.3 Å². The fourth-order valence-electron chi connectivity index (χ4n) is 2.00. The third-order valence-corrected chi connectivity index (χ3v) is 2.88. The predicted molar refractivity (Wildman–Crippen MR) is 62.6 cm³/mol. The van der Waals surface area contributed by atoms with Gasteiger partial charge in [0.1, 0.15) is 12.4 Å². The second-order valence-electron chi connectivity index (χ2n) is 4.12. The van der Waals surface area contributed by atoms with Crippen LogP contribution < -0.4 is 4.74 Å². The minimum Gasteiger partial charge on any atom is -0.472 e. The molecular formula is C12H17N3O2. The van der Waals surface area contributed by atoms with E-state index in [0.29, 0.717) is 18.8 Å². The van der Waals surface area contributed by atoms with Gasteiger partial charge in [-0.1, -0.05) is 6.92 Å². The average molecular weight is 235 g/mol. The molecule has 1 aromatic rings. The van der Waals surface area contributed by atoms with Crippen molar-refractivity contribution in [1.29, 1.82) is 0 Å². The smallest absolute Gasteiger partial charge is 0.222 e. The third-order valence-electron chi connectivity index (χ3n) is 2.88. The molecule has 1 aliphatic rings. The number of carbonyl (C=O) groups excluding carboxylic acids is 1. The fourth-order valence-corrected chi connectivity index (χ4v) is 2.00. The predicted octanol–water partition coefficient (Wildman–Crippen LogP) is 1.26. The number of hydrogen-bond donors (Lipinski definition) is 0. The number of hydrogen-bond acceptors (Lipinski definition) is 4. The Morgan fingerprint density at radius 2 is 2.53 bits per heavy atom. The van der Waals surface area contributed by atoms with Crippen molar-refractivity contribution < 1.29 is 9.53 Å². The Morgan fingerprint density at radius 3 is 3.24 bits per heavy atom. The summed E-state index contributed by atoms with van der Waals surface area (Å²) in [7, 11) is 0. The van der Waals surface area contributed by atoms with Gasteiger partial charge in [0.25, 0.3) is 0 Å². The van der Waals surface area contributed by atoms with Gasteiger partial charge in [0.05, 0.1) is 6.54 Å². The minimum atomic E-state index is 0.0501. The monoisotopic (exact) mass is 235 g/mol. The molecule has 1 fully saturated rings. The Hall–Kier alpha value is -1.65. The SMILES string of the molecule is CCC(=O)N1CCCC(Oc2ccncn2)C1. The van der Waals surface area contributed by atoms with Gasteiger partial charge in [-0.15, -0.1) is 0 Å². The molecule has 1 aliphatic heterocycles. The summed E-state index contributed by atoms with van der Waals surface area (Å²) in [5.74, 6) is 0.775. The van der Waals surface area contributed by atoms with Gasteiger partial charge in [0, 0.05) is 25.2 Å². The number of rotatable bonds is 3. The molecule has 1 amide bonds. The van der Waals surface area contributed by atoms with E-state index in [4.69, 9.17) is 4.74 Å². The van der Waals surface area contributed by atoms with Crippen LogP contribution in [-0.2, 0) is 4.79 Å². The Kier molecular flexibility index (Phi) is 3.90. The molecule has 0 aliphatic carbocycles. The largest absolute Gasteiger partial charge is 0.472 e. The molecule has 0 radical (unpaired) electrons. The maximum absolute atomic E-state index is 11.6. The van der Waals surface area contributed by atoms with Crippen LogP contribution in [0.2, 0.25) is 0 Å². The molecule has 0 aromatic carbocycles. The Bertz CT molecular complexity index is 369. The van der Waals surface area contributed by atoms with Crippen LogP contribution in [-0.4, -0.2) is 40.0 Å². The maximum Gasteiger partial charge on any atom is 0.222 e. The van der Waals surface area contributed by atoms with E-state index in [0.717, 1.165) is 19.4 Å². The number of nitrogens with zero attached hydrogens (tertiary/aromatic N) is 3. The fraction of sp³-hybridized carbons (Fsp3) is 0.583. The van der Waals surface area contributed by atoms with Gasteiger partial charge in [0.2, 0.25) is 11.8 Å². The van der Waals surface area contributed by atoms with Crippen LogP contribution in [0.5, 0.6) is 5.88 Å². The number of likely N-dealkylation sites (tertiary alicyclic amines) is 1. The first-order valence-corrected chi connectivity index (χ1v) is 6.00. The summed E-state index contributed by atoms with van der Waals surface area (Å²) in [6, 6.07) is 1.74. The van der Waals surface area contributed by atoms with Crippen molar-refractivity contribution in [3.05, 3.63) is 18.6 Å². The van der Waals surface area contributed by atoms with Crippen molar-refractivity contribution in [3.8, 4) is 5.88 Å². The molecule has 1 atom stereocenters. The van der Waals surface area contributed by atoms with E-state index >= 15 is 0 Å². The first-order valence-electron chi connectivity index (χ1n) is 6.00. The normalized spacial score (nSPS) is 20.1. The summed E-state index contributed by atoms with van der Waals surface area (Å²) >= 11 is 0. The first-order chi connectivity index (χ1) is 8.29. The van der Waals surface area contributed by atoms with Crippen molar-refractivity contribution in [1.82, 2.24) is 14.9 Å². The number of aromatic nitrogens is 2. The quantitative estimate of drug-likeness (QED) is 0.791. The van der Waals surface area contributed by atoms with Crippen LogP contribution >= 0.6 is 0 Å². The molecule has 0 N–H and O–H groups in total. The molecule has 2 rings (SSSR count). The molecule has 1 saturated heterocycles. The second kappa shape index (κ2) is 5.61. The minimum absolute atomic E-state index is 0.0501. The van der Waals surface area contributed by atoms with Gasteiger partial charge in [-0.3, -0.25) is 4.79 Å². The lowest BCUT2D eigenvalue weighted by molar-refractivity contribution is -0.133. The van der Waals surface area contributed by atoms with Crippen LogP contribution in [0.3, 0.4) is 0 Å². The van der Waals surface area contributed by atoms with E-state index in [2.05, 4.69) is 9.97 Å². The van der Waals surface area contributed by atoms with Gasteiger partial charge in [0.15, 0.2) is 0 Å². The zero-order valence-corrected chi connectivity index (χ0v) is 10.0. The second-order valence-corrected chi connectivity index (χ2v) is 4.12. The van der Waals surface area contributed by atoms with Gasteiger partial charge >= 0.3 is 0 Å². The van der Waals surface area contributed by atoms with Crippen molar-refractivity contribution in [3.63, 3.8) is 0 Å². The summed E-state index contributed by atoms with van der Waals surface area (Å²) in [5.41, 5.74) is 0. The highest BCUT2D eigenvalue weighted by atomic mass is 16.5. The molecule has 5 nitrogen and oxygen atoms in total. The van der Waals surface area contributed by atoms with Crippen LogP contribution in [0.1, 0.15) is 26.2 Å². The van der Waals surface area contributed by atoms with Crippen molar-refractivity contribution >= 4 is 5.91 Å². The molecule has 0 bridgehead atoms. The zero-order chi connectivity index (χ0) is 12.1. The summed E-state index contributed by atoms with van der Waals surface area (Å²) in [6.45, 7) is 3.39. The summed E-state index contributed by atoms with van der Waals surface area (Å²) in [4.78, 5) is 21.3. The van der Waals surface area contributed by atoms with E-state index in [9.17, 15) is 4.79 Å². The van der Waals surface area contributed by atoms with Crippen LogP contribution in [0, 0.1) is 0 Å². The number of ether oxygens (including phenoxy) is 1. The number of piperidine rings is 1. The van der Waals surface area contributed by atoms with E-state index in [1.165, 1.54) is 6.33 Å². The lowest BCUT2D eigenvalue weighted by Gasteiger charge is -2.32. The van der Waals surface area contributed by atoms with Gasteiger partial charge in [-0.05, 0) is 12.8 Å². The molecule has 2 heterocycles. The Labute approximate surface area is 101 Å². The molecule has 1 unspecified atom stereocenters. The van der Waals surface area contributed by atoms with E-state index in [1.807, 2.05) is 11.8 Å². The highest BCUT2D eigenvalue weighted by Gasteiger charge is 2.24. The highest BCUT2D eigenvalue weighted by molar-refractivity contribution is 5.75. The maximum atomic E-state index is 11.6. The van der Waals surface area contributed by atoms with Crippen molar-refractivity contribution in [2.24, 2.45) is 0 Å². The molecule has 1 aromatic heterocycles. The molecule has 17 heavy (non-hydrogen) atoms. The van der Waals surface area contributed by atoms with Crippen molar-refractivity contribution in [2.45, 2.75) is 32.3 Å². The highest BCUT2D eigenvalue weighted by Crippen LogP contribution is 2.16. The van der Waals surface area contributed by atoms with Crippen molar-refractivity contribution in [2.75, 3.05) is 13.1 Å². The zero-order valence-electron chi connectivity index (χ0n) is 10.0. The lowest BCUT2D eigenvalue weighted by atomic mass is 10.1. The van der Waals surface area contributed by atoms with Crippen LogP contribution in [0.15, 0.2) is 18.6 Å². The molecule has 5 heteroatoms. The van der Waals surface area contributed by atoms with E-state index in [-0.39, 0.29) is 12.0 Å². The van der Waals surface area contributed by atoms with E-state index < -0.39 is 0 Å². The Balaban J connectivity index is 1.92. The summed E-state index contributed by atoms with van der Waals surface area (Å²) in [6.07, 6.45) is 5.68. The first kappa shape index (κ1) is 11.8. The molecule has 0 spiro atoms. The van der Waals surface area contributed by atoms with Crippen LogP contribution in [0.4, 0.5) is 0 Å². The average Bonchev–Trinajstić information content (AvgIpc) is 2.39. The number of amides is 1. The van der Waals surface area contributed by atoms with Gasteiger partial charge in [-0.25, -0.2) is 9.97 Å². The van der Waals surface area contributed by atoms with Crippen LogP contribution in [0.25, 0.3) is 0 Å². The summed E-state index contributed by atoms with van der Waals surface area (Å²) < 4.78 is 5.74. The summed E-state index contributed by atoms with van der Waals surface area (Å²) in [5, 5.41) is 0. The molecule has 0 saturated carbocycles. The van der Waals surface area contributed by atoms with Gasteiger partial charge < -0.3 is 9.64 Å². The number of carbonyl (C=O) groups is 1. The lowest BCUT2D eigenvalue weighted by Crippen LogP contribution is -2.44. The molecular weight excluding hydrogens is 218 g/mol. The standard InChI is InChI=1S/C12H17N3O2/c1-2-12(16)15-7-3-4-10(8-15)17-11-5-6-13-9-14-11/h5-6,9-10H,2-4,7-8H2,1H3. The van der Waals surface area contributed by atoms with E-state index in [1.54, 1.807) is 12.3 Å². The molecule has 92 valence electrons. The third kappa shape index (κ3) is 3.15.